The number of carbonyl (C=O) groups is 2. The van der Waals surface area contributed by atoms with Gasteiger partial charge in [-0.05, 0) is 25.7 Å². The van der Waals surface area contributed by atoms with Gasteiger partial charge in [-0.2, -0.15) is 0 Å². The summed E-state index contributed by atoms with van der Waals surface area (Å²) in [5, 5.41) is 2.69. The van der Waals surface area contributed by atoms with E-state index in [0.29, 0.717) is 24.4 Å². The highest BCUT2D eigenvalue weighted by Crippen LogP contribution is 2.12. The fourth-order valence-corrected chi connectivity index (χ4v) is 1.99. The van der Waals surface area contributed by atoms with Crippen LogP contribution in [0.4, 0.5) is 4.79 Å². The van der Waals surface area contributed by atoms with Gasteiger partial charge >= 0.3 is 6.03 Å². The number of nitrogens with zero attached hydrogens (tertiary/aromatic N) is 1. The number of hydrogen-bond donors (Lipinski definition) is 2. The number of urea groups is 1. The number of unbranched alkanes of at least 4 members (excludes halogenated alkanes) is 1. The number of nitrogens with two attached hydrogens (primary N) is 1. The Hall–Kier alpha value is -1.17. The van der Waals surface area contributed by atoms with Crippen molar-refractivity contribution in [2.45, 2.75) is 45.1 Å². The third-order valence-electron chi connectivity index (χ3n) is 2.74. The van der Waals surface area contributed by atoms with E-state index in [-0.39, 0.29) is 18.0 Å². The van der Waals surface area contributed by atoms with Gasteiger partial charge in [0, 0.05) is 6.54 Å². The maximum absolute atomic E-state index is 11.8. The Labute approximate surface area is 107 Å². The first-order valence-electron chi connectivity index (χ1n) is 5.96. The summed E-state index contributed by atoms with van der Waals surface area (Å²) in [7, 11) is 0. The Kier molecular flexibility index (Phi) is 5.34. The van der Waals surface area contributed by atoms with Crippen molar-refractivity contribution in [1.29, 1.82) is 0 Å². The van der Waals surface area contributed by atoms with Crippen LogP contribution in [0.3, 0.4) is 0 Å². The van der Waals surface area contributed by atoms with Crippen LogP contribution in [0.2, 0.25) is 0 Å². The van der Waals surface area contributed by atoms with Crippen LogP contribution in [-0.4, -0.2) is 34.4 Å². The molecule has 5 nitrogen and oxygen atoms in total. The molecule has 1 rings (SSSR count). The zero-order valence-corrected chi connectivity index (χ0v) is 10.9. The molecule has 0 aromatic carbocycles. The number of hydrogen-bond acceptors (Lipinski definition) is 3. The average Bonchev–Trinajstić information content (AvgIpc) is 2.51. The fraction of sp³-hybridized carbons (Fsp3) is 0.727. The predicted molar refractivity (Wildman–Crippen MR) is 69.6 cm³/mol. The van der Waals surface area contributed by atoms with Crippen LogP contribution in [0.15, 0.2) is 0 Å². The van der Waals surface area contributed by atoms with Crippen LogP contribution < -0.4 is 11.1 Å². The second-order valence-corrected chi connectivity index (χ2v) is 4.73. The van der Waals surface area contributed by atoms with Gasteiger partial charge in [0.15, 0.2) is 0 Å². The predicted octanol–water partition coefficient (Wildman–Crippen LogP) is 1.16. The molecular formula is C11H19N3O2S. The van der Waals surface area contributed by atoms with Gasteiger partial charge in [-0.15, -0.1) is 0 Å². The van der Waals surface area contributed by atoms with Gasteiger partial charge in [-0.3, -0.25) is 9.69 Å². The van der Waals surface area contributed by atoms with E-state index in [9.17, 15) is 9.59 Å². The molecule has 1 heterocycles. The molecule has 1 aliphatic heterocycles. The van der Waals surface area contributed by atoms with E-state index in [0.717, 1.165) is 19.3 Å². The second kappa shape index (κ2) is 6.54. The number of carbonyl (C=O) groups excluding carboxylic acids is 2. The molecule has 96 valence electrons. The fourth-order valence-electron chi connectivity index (χ4n) is 1.84. The Bertz CT molecular complexity index is 320. The Morgan fingerprint density at radius 3 is 2.76 bits per heavy atom. The molecule has 1 atom stereocenters. The number of amides is 3. The van der Waals surface area contributed by atoms with Crippen molar-refractivity contribution in [3.63, 3.8) is 0 Å². The largest absolute Gasteiger partial charge is 0.393 e. The zero-order valence-electron chi connectivity index (χ0n) is 10.1. The van der Waals surface area contributed by atoms with Crippen molar-refractivity contribution in [2.24, 2.45) is 5.73 Å². The van der Waals surface area contributed by atoms with E-state index in [1.807, 2.05) is 6.92 Å². The third kappa shape index (κ3) is 3.96. The Morgan fingerprint density at radius 1 is 1.47 bits per heavy atom. The van der Waals surface area contributed by atoms with Gasteiger partial charge < -0.3 is 11.1 Å². The van der Waals surface area contributed by atoms with Crippen LogP contribution >= 0.6 is 12.2 Å². The van der Waals surface area contributed by atoms with E-state index in [1.54, 1.807) is 0 Å². The minimum atomic E-state index is -0.330. The van der Waals surface area contributed by atoms with Gasteiger partial charge in [0.25, 0.3) is 5.91 Å². The summed E-state index contributed by atoms with van der Waals surface area (Å²) in [6.07, 6.45) is 3.80. The van der Waals surface area contributed by atoms with E-state index in [4.69, 9.17) is 18.0 Å². The molecule has 0 aliphatic carbocycles. The molecule has 0 radical (unpaired) electrons. The summed E-state index contributed by atoms with van der Waals surface area (Å²) in [6.45, 7) is 2.44. The summed E-state index contributed by atoms with van der Waals surface area (Å²) in [6, 6.07) is -0.605. The quantitative estimate of drug-likeness (QED) is 0.408. The van der Waals surface area contributed by atoms with Gasteiger partial charge in [0.05, 0.1) is 4.99 Å². The van der Waals surface area contributed by atoms with Crippen molar-refractivity contribution >= 4 is 29.1 Å². The van der Waals surface area contributed by atoms with Crippen molar-refractivity contribution < 1.29 is 9.59 Å². The molecule has 6 heteroatoms. The molecule has 1 unspecified atom stereocenters. The first-order chi connectivity index (χ1) is 8.06. The average molecular weight is 257 g/mol. The lowest BCUT2D eigenvalue weighted by molar-refractivity contribution is -0.127. The molecule has 1 aliphatic rings. The van der Waals surface area contributed by atoms with Gasteiger partial charge in [0.1, 0.15) is 6.04 Å². The molecule has 0 saturated carbocycles. The molecule has 1 fully saturated rings. The maximum atomic E-state index is 11.8. The molecule has 0 bridgehead atoms. The molecular weight excluding hydrogens is 238 g/mol. The highest BCUT2D eigenvalue weighted by atomic mass is 32.1. The monoisotopic (exact) mass is 257 g/mol. The molecule has 0 aromatic heterocycles. The van der Waals surface area contributed by atoms with Crippen molar-refractivity contribution in [3.8, 4) is 0 Å². The molecule has 3 N–H and O–H groups in total. The highest BCUT2D eigenvalue weighted by Gasteiger charge is 2.36. The minimum Gasteiger partial charge on any atom is -0.393 e. The number of rotatable bonds is 7. The molecule has 3 amide bonds. The van der Waals surface area contributed by atoms with Gasteiger partial charge in [0.2, 0.25) is 0 Å². The lowest BCUT2D eigenvalue weighted by atomic mass is 10.1. The lowest BCUT2D eigenvalue weighted by Gasteiger charge is -2.12. The van der Waals surface area contributed by atoms with Gasteiger partial charge in [-0.1, -0.05) is 25.6 Å². The standard InChI is InChI=1S/C11H19N3O2S/c1-2-5-8-10(15)14(11(16)13-8)7-4-3-6-9(12)17/h8H,2-7H2,1H3,(H2,12,17)(H,13,16). The first-order valence-corrected chi connectivity index (χ1v) is 6.37. The van der Waals surface area contributed by atoms with Crippen LogP contribution in [0.25, 0.3) is 0 Å². The van der Waals surface area contributed by atoms with Crippen molar-refractivity contribution in [3.05, 3.63) is 0 Å². The summed E-state index contributed by atoms with van der Waals surface area (Å²) in [5.41, 5.74) is 5.37. The van der Waals surface area contributed by atoms with E-state index in [1.165, 1.54) is 4.90 Å². The summed E-state index contributed by atoms with van der Waals surface area (Å²) in [4.78, 5) is 25.1. The summed E-state index contributed by atoms with van der Waals surface area (Å²) >= 11 is 4.76. The summed E-state index contributed by atoms with van der Waals surface area (Å²) < 4.78 is 0. The first kappa shape index (κ1) is 13.9. The van der Waals surface area contributed by atoms with Crippen molar-refractivity contribution in [2.75, 3.05) is 6.54 Å². The van der Waals surface area contributed by atoms with E-state index >= 15 is 0 Å². The SMILES string of the molecule is CCCC1NC(=O)N(CCCCC(N)=S)C1=O. The van der Waals surface area contributed by atoms with Gasteiger partial charge in [-0.25, -0.2) is 4.79 Å². The van der Waals surface area contributed by atoms with Crippen molar-refractivity contribution in [1.82, 2.24) is 10.2 Å². The molecule has 1 saturated heterocycles. The Balaban J connectivity index is 2.35. The third-order valence-corrected chi connectivity index (χ3v) is 2.94. The van der Waals surface area contributed by atoms with E-state index in [2.05, 4.69) is 5.32 Å². The van der Waals surface area contributed by atoms with Crippen LogP contribution in [0.1, 0.15) is 39.0 Å². The molecule has 17 heavy (non-hydrogen) atoms. The number of thiocarbonyl (C=S) groups is 1. The zero-order chi connectivity index (χ0) is 12.8. The van der Waals surface area contributed by atoms with Crippen LogP contribution in [0, 0.1) is 0 Å². The topological polar surface area (TPSA) is 75.4 Å². The Morgan fingerprint density at radius 2 is 2.18 bits per heavy atom. The smallest absolute Gasteiger partial charge is 0.324 e. The molecule has 0 aromatic rings. The van der Waals surface area contributed by atoms with Crippen LogP contribution in [0.5, 0.6) is 0 Å². The maximum Gasteiger partial charge on any atom is 0.324 e. The highest BCUT2D eigenvalue weighted by molar-refractivity contribution is 7.80. The summed E-state index contributed by atoms with van der Waals surface area (Å²) in [5.74, 6) is -0.104. The van der Waals surface area contributed by atoms with Crippen LogP contribution in [-0.2, 0) is 4.79 Å². The second-order valence-electron chi connectivity index (χ2n) is 4.20. The van der Waals surface area contributed by atoms with E-state index < -0.39 is 0 Å². The normalized spacial score (nSPS) is 19.6. The number of nitrogens with one attached hydrogen (secondary N) is 1. The molecule has 0 spiro atoms. The number of imide groups is 1. The lowest BCUT2D eigenvalue weighted by Crippen LogP contribution is -2.32. The minimum absolute atomic E-state index is 0.104.